The largest absolute Gasteiger partial charge is 0.383 e. The minimum atomic E-state index is 0.209. The van der Waals surface area contributed by atoms with Gasteiger partial charge in [-0.2, -0.15) is 9.97 Å². The Labute approximate surface area is 101 Å². The van der Waals surface area contributed by atoms with Crippen molar-refractivity contribution in [2.45, 2.75) is 25.8 Å². The molecule has 1 aromatic rings. The normalized spacial score (nSPS) is 18.2. The number of nitrogens with two attached hydrogens (primary N) is 2. The first-order chi connectivity index (χ1) is 8.13. The summed E-state index contributed by atoms with van der Waals surface area (Å²) in [6.45, 7) is 5.54. The van der Waals surface area contributed by atoms with Crippen LogP contribution in [0.3, 0.4) is 0 Å². The molecule has 0 amide bonds. The third-order valence-corrected chi connectivity index (χ3v) is 2.89. The van der Waals surface area contributed by atoms with Crippen molar-refractivity contribution < 1.29 is 0 Å². The molecule has 0 saturated carbocycles. The molecule has 5 N–H and O–H groups in total. The Morgan fingerprint density at radius 3 is 2.71 bits per heavy atom. The molecule has 6 heteroatoms. The zero-order chi connectivity index (χ0) is 12.3. The lowest BCUT2D eigenvalue weighted by atomic mass is 10.3. The summed E-state index contributed by atoms with van der Waals surface area (Å²) >= 11 is 0. The number of nitrogen functional groups attached to an aromatic ring is 2. The Morgan fingerprint density at radius 1 is 1.35 bits per heavy atom. The summed E-state index contributed by atoms with van der Waals surface area (Å²) in [4.78, 5) is 10.4. The molecule has 1 aromatic heterocycles. The van der Waals surface area contributed by atoms with Crippen molar-refractivity contribution in [3.63, 3.8) is 0 Å². The van der Waals surface area contributed by atoms with Crippen molar-refractivity contribution in [2.75, 3.05) is 36.4 Å². The number of nitrogens with zero attached hydrogens (tertiary/aromatic N) is 3. The van der Waals surface area contributed by atoms with Gasteiger partial charge in [0, 0.05) is 18.7 Å². The number of likely N-dealkylation sites (tertiary alicyclic amines) is 1. The van der Waals surface area contributed by atoms with Gasteiger partial charge in [0.1, 0.15) is 11.6 Å². The van der Waals surface area contributed by atoms with E-state index in [1.807, 2.05) is 0 Å². The SMILES string of the molecule is CC(CN1CCCC1)Nc1cc(N)nc(N)n1. The second-order valence-corrected chi connectivity index (χ2v) is 4.59. The first-order valence-electron chi connectivity index (χ1n) is 6.02. The topological polar surface area (TPSA) is 93.1 Å². The average Bonchev–Trinajstić information content (AvgIpc) is 2.67. The van der Waals surface area contributed by atoms with Gasteiger partial charge in [-0.3, -0.25) is 0 Å². The van der Waals surface area contributed by atoms with Gasteiger partial charge in [-0.15, -0.1) is 0 Å². The summed E-state index contributed by atoms with van der Waals surface area (Å²) in [5.41, 5.74) is 11.2. The van der Waals surface area contributed by atoms with E-state index >= 15 is 0 Å². The average molecular weight is 236 g/mol. The van der Waals surface area contributed by atoms with Crippen LogP contribution < -0.4 is 16.8 Å². The molecule has 0 bridgehead atoms. The van der Waals surface area contributed by atoms with Crippen LogP contribution in [0.2, 0.25) is 0 Å². The van der Waals surface area contributed by atoms with Gasteiger partial charge in [0.05, 0.1) is 0 Å². The second kappa shape index (κ2) is 5.18. The monoisotopic (exact) mass is 236 g/mol. The summed E-state index contributed by atoms with van der Waals surface area (Å²) in [5, 5.41) is 3.30. The van der Waals surface area contributed by atoms with Gasteiger partial charge in [-0.25, -0.2) is 0 Å². The van der Waals surface area contributed by atoms with Crippen LogP contribution in [-0.2, 0) is 0 Å². The molecule has 1 saturated heterocycles. The highest BCUT2D eigenvalue weighted by molar-refractivity contribution is 5.48. The molecule has 1 aliphatic heterocycles. The van der Waals surface area contributed by atoms with Gasteiger partial charge in [0.15, 0.2) is 0 Å². The van der Waals surface area contributed by atoms with Crippen LogP contribution in [0.4, 0.5) is 17.6 Å². The van der Waals surface area contributed by atoms with E-state index in [0.29, 0.717) is 17.7 Å². The predicted octanol–water partition coefficient (Wildman–Crippen LogP) is 0.537. The zero-order valence-corrected chi connectivity index (χ0v) is 10.2. The Morgan fingerprint density at radius 2 is 2.06 bits per heavy atom. The van der Waals surface area contributed by atoms with Crippen LogP contribution in [0.15, 0.2) is 6.07 Å². The standard InChI is InChI=1S/C11H20N6/c1-8(7-17-4-2-3-5-17)14-10-6-9(12)15-11(13)16-10/h6,8H,2-5,7H2,1H3,(H5,12,13,14,15,16). The third kappa shape index (κ3) is 3.45. The molecule has 17 heavy (non-hydrogen) atoms. The van der Waals surface area contributed by atoms with Crippen molar-refractivity contribution in [1.29, 1.82) is 0 Å². The molecular weight excluding hydrogens is 216 g/mol. The van der Waals surface area contributed by atoms with E-state index in [1.54, 1.807) is 6.07 Å². The number of hydrogen-bond acceptors (Lipinski definition) is 6. The predicted molar refractivity (Wildman–Crippen MR) is 69.6 cm³/mol. The third-order valence-electron chi connectivity index (χ3n) is 2.89. The van der Waals surface area contributed by atoms with Crippen LogP contribution in [0.25, 0.3) is 0 Å². The lowest BCUT2D eigenvalue weighted by Crippen LogP contribution is -2.33. The summed E-state index contributed by atoms with van der Waals surface area (Å²) < 4.78 is 0. The molecule has 2 heterocycles. The lowest BCUT2D eigenvalue weighted by molar-refractivity contribution is 0.327. The van der Waals surface area contributed by atoms with Crippen LogP contribution in [0, 0.1) is 0 Å². The van der Waals surface area contributed by atoms with Gasteiger partial charge >= 0.3 is 0 Å². The highest BCUT2D eigenvalue weighted by Crippen LogP contribution is 2.12. The van der Waals surface area contributed by atoms with Crippen LogP contribution in [0.1, 0.15) is 19.8 Å². The van der Waals surface area contributed by atoms with Gasteiger partial charge in [-0.1, -0.05) is 0 Å². The van der Waals surface area contributed by atoms with Crippen molar-refractivity contribution in [2.24, 2.45) is 0 Å². The minimum Gasteiger partial charge on any atom is -0.383 e. The van der Waals surface area contributed by atoms with Gasteiger partial charge in [0.25, 0.3) is 0 Å². The molecule has 0 spiro atoms. The first kappa shape index (κ1) is 11.9. The van der Waals surface area contributed by atoms with Gasteiger partial charge in [-0.05, 0) is 32.9 Å². The van der Waals surface area contributed by atoms with E-state index in [9.17, 15) is 0 Å². The molecule has 2 rings (SSSR count). The molecular formula is C11H20N6. The van der Waals surface area contributed by atoms with Crippen molar-refractivity contribution in [3.05, 3.63) is 6.07 Å². The van der Waals surface area contributed by atoms with Crippen LogP contribution >= 0.6 is 0 Å². The van der Waals surface area contributed by atoms with Gasteiger partial charge in [0.2, 0.25) is 5.95 Å². The van der Waals surface area contributed by atoms with Crippen LogP contribution in [-0.4, -0.2) is 40.5 Å². The van der Waals surface area contributed by atoms with Crippen molar-refractivity contribution in [3.8, 4) is 0 Å². The second-order valence-electron chi connectivity index (χ2n) is 4.59. The van der Waals surface area contributed by atoms with Gasteiger partial charge < -0.3 is 21.7 Å². The van der Waals surface area contributed by atoms with Crippen LogP contribution in [0.5, 0.6) is 0 Å². The quantitative estimate of drug-likeness (QED) is 0.706. The Balaban J connectivity index is 1.90. The molecule has 0 radical (unpaired) electrons. The summed E-state index contributed by atoms with van der Waals surface area (Å²) in [6.07, 6.45) is 2.61. The smallest absolute Gasteiger partial charge is 0.223 e. The number of anilines is 3. The van der Waals surface area contributed by atoms with Crippen molar-refractivity contribution >= 4 is 17.6 Å². The fourth-order valence-electron chi connectivity index (χ4n) is 2.21. The Kier molecular flexibility index (Phi) is 3.63. The maximum Gasteiger partial charge on any atom is 0.223 e. The van der Waals surface area contributed by atoms with E-state index in [1.165, 1.54) is 25.9 Å². The fraction of sp³-hybridized carbons (Fsp3) is 0.636. The highest BCUT2D eigenvalue weighted by Gasteiger charge is 2.14. The molecule has 0 aliphatic carbocycles. The lowest BCUT2D eigenvalue weighted by Gasteiger charge is -2.21. The number of rotatable bonds is 4. The van der Waals surface area contributed by atoms with E-state index in [2.05, 4.69) is 27.1 Å². The summed E-state index contributed by atoms with van der Waals surface area (Å²) in [7, 11) is 0. The summed E-state index contributed by atoms with van der Waals surface area (Å²) in [6, 6.07) is 2.03. The molecule has 94 valence electrons. The maximum atomic E-state index is 5.62. The first-order valence-corrected chi connectivity index (χ1v) is 6.02. The maximum absolute atomic E-state index is 5.62. The van der Waals surface area contributed by atoms with E-state index in [0.717, 1.165) is 6.54 Å². The molecule has 1 atom stereocenters. The van der Waals surface area contributed by atoms with Crippen molar-refractivity contribution in [1.82, 2.24) is 14.9 Å². The molecule has 1 fully saturated rings. The minimum absolute atomic E-state index is 0.209. The molecule has 1 unspecified atom stereocenters. The number of nitrogens with one attached hydrogen (secondary N) is 1. The van der Waals surface area contributed by atoms with E-state index in [4.69, 9.17) is 11.5 Å². The fourth-order valence-corrected chi connectivity index (χ4v) is 2.21. The summed E-state index contributed by atoms with van der Waals surface area (Å²) in [5.74, 6) is 1.30. The number of aromatic nitrogens is 2. The highest BCUT2D eigenvalue weighted by atomic mass is 15.2. The molecule has 6 nitrogen and oxygen atoms in total. The Bertz CT molecular complexity index is 354. The van der Waals surface area contributed by atoms with E-state index < -0.39 is 0 Å². The molecule has 0 aromatic carbocycles. The zero-order valence-electron chi connectivity index (χ0n) is 10.2. The van der Waals surface area contributed by atoms with E-state index in [-0.39, 0.29) is 5.95 Å². The molecule has 1 aliphatic rings. The Hall–Kier alpha value is -1.56. The number of hydrogen-bond donors (Lipinski definition) is 3.